The number of rotatable bonds is 5. The molecule has 5 nitrogen and oxygen atoms in total. The van der Waals surface area contributed by atoms with Gasteiger partial charge in [0.1, 0.15) is 12.4 Å². The van der Waals surface area contributed by atoms with Gasteiger partial charge in [-0.15, -0.1) is 0 Å². The van der Waals surface area contributed by atoms with E-state index in [9.17, 15) is 4.79 Å². The van der Waals surface area contributed by atoms with Crippen LogP contribution in [0.3, 0.4) is 0 Å². The molecule has 0 spiro atoms. The van der Waals surface area contributed by atoms with Crippen molar-refractivity contribution in [2.75, 3.05) is 19.6 Å². The third-order valence-electron chi connectivity index (χ3n) is 4.72. The molecule has 1 aromatic heterocycles. The Labute approximate surface area is 148 Å². The van der Waals surface area contributed by atoms with Crippen LogP contribution in [0, 0.1) is 19.8 Å². The van der Waals surface area contributed by atoms with Gasteiger partial charge in [-0.05, 0) is 62.1 Å². The fourth-order valence-electron chi connectivity index (χ4n) is 3.33. The predicted octanol–water partition coefficient (Wildman–Crippen LogP) is 2.70. The van der Waals surface area contributed by atoms with E-state index in [1.54, 1.807) is 12.4 Å². The number of aromatic nitrogens is 1. The second kappa shape index (κ2) is 7.66. The molecule has 1 atom stereocenters. The van der Waals surface area contributed by atoms with Crippen molar-refractivity contribution in [2.45, 2.75) is 26.9 Å². The number of ether oxygens (including phenoxy) is 1. The van der Waals surface area contributed by atoms with Gasteiger partial charge in [0.25, 0.3) is 5.91 Å². The van der Waals surface area contributed by atoms with E-state index in [2.05, 4.69) is 4.98 Å². The Balaban J connectivity index is 1.72. The number of carbonyl (C=O) groups excluding carboxylic acids is 1. The first-order valence-corrected chi connectivity index (χ1v) is 8.70. The highest BCUT2D eigenvalue weighted by atomic mass is 16.5. The first-order chi connectivity index (χ1) is 12.1. The minimum Gasteiger partial charge on any atom is -0.488 e. The quantitative estimate of drug-likeness (QED) is 0.909. The van der Waals surface area contributed by atoms with Crippen molar-refractivity contribution < 1.29 is 9.53 Å². The normalized spacial score (nSPS) is 16.9. The van der Waals surface area contributed by atoms with Gasteiger partial charge in [-0.2, -0.15) is 0 Å². The molecule has 1 aliphatic rings. The van der Waals surface area contributed by atoms with Crippen LogP contribution >= 0.6 is 0 Å². The Morgan fingerprint density at radius 3 is 2.72 bits per heavy atom. The fraction of sp³-hybridized carbons (Fsp3) is 0.400. The molecule has 2 N–H and O–H groups in total. The van der Waals surface area contributed by atoms with E-state index in [0.29, 0.717) is 19.1 Å². The molecule has 132 valence electrons. The number of likely N-dealkylation sites (tertiary alicyclic amines) is 1. The van der Waals surface area contributed by atoms with E-state index in [1.807, 2.05) is 43.0 Å². The zero-order valence-corrected chi connectivity index (χ0v) is 14.9. The number of pyridine rings is 1. The number of amides is 1. The van der Waals surface area contributed by atoms with Crippen LogP contribution < -0.4 is 10.5 Å². The lowest BCUT2D eigenvalue weighted by atomic mass is 10.0. The van der Waals surface area contributed by atoms with E-state index in [-0.39, 0.29) is 5.91 Å². The summed E-state index contributed by atoms with van der Waals surface area (Å²) in [4.78, 5) is 18.7. The van der Waals surface area contributed by atoms with Gasteiger partial charge in [0.05, 0.1) is 0 Å². The fourth-order valence-corrected chi connectivity index (χ4v) is 3.33. The summed E-state index contributed by atoms with van der Waals surface area (Å²) in [5.41, 5.74) is 9.42. The molecule has 1 aromatic carbocycles. The summed E-state index contributed by atoms with van der Waals surface area (Å²) in [6.45, 7) is 6.62. The van der Waals surface area contributed by atoms with Crippen LogP contribution in [-0.4, -0.2) is 35.4 Å². The van der Waals surface area contributed by atoms with Crippen LogP contribution in [0.4, 0.5) is 0 Å². The number of hydrogen-bond donors (Lipinski definition) is 1. The lowest BCUT2D eigenvalue weighted by Gasteiger charge is -2.19. The first-order valence-electron chi connectivity index (χ1n) is 8.70. The van der Waals surface area contributed by atoms with E-state index < -0.39 is 0 Å². The maximum absolute atomic E-state index is 12.7. The standard InChI is InChI=1S/C20H25N3O2/c1-14-8-18(20(24)23-7-5-16(10-21)12-23)9-15(2)19(14)25-13-17-4-3-6-22-11-17/h3-4,6,8-9,11,16H,5,7,10,12-13,21H2,1-2H3/t16-/m1/s1. The second-order valence-electron chi connectivity index (χ2n) is 6.73. The van der Waals surface area contributed by atoms with Crippen LogP contribution in [0.25, 0.3) is 0 Å². The summed E-state index contributed by atoms with van der Waals surface area (Å²) in [5.74, 6) is 1.34. The van der Waals surface area contributed by atoms with Gasteiger partial charge in [0, 0.05) is 36.6 Å². The molecule has 0 bridgehead atoms. The molecule has 5 heteroatoms. The molecular weight excluding hydrogens is 314 g/mol. The first kappa shape index (κ1) is 17.4. The smallest absolute Gasteiger partial charge is 0.253 e. The highest BCUT2D eigenvalue weighted by Gasteiger charge is 2.26. The van der Waals surface area contributed by atoms with Gasteiger partial charge in [-0.1, -0.05) is 6.07 Å². The SMILES string of the molecule is Cc1cc(C(=O)N2CC[C@H](CN)C2)cc(C)c1OCc1cccnc1. The average molecular weight is 339 g/mol. The minimum atomic E-state index is 0.0842. The van der Waals surface area contributed by atoms with Crippen molar-refractivity contribution in [3.05, 3.63) is 58.9 Å². The Kier molecular flexibility index (Phi) is 5.34. The van der Waals surface area contributed by atoms with E-state index in [4.69, 9.17) is 10.5 Å². The largest absolute Gasteiger partial charge is 0.488 e. The Morgan fingerprint density at radius 2 is 2.12 bits per heavy atom. The topological polar surface area (TPSA) is 68.5 Å². The highest BCUT2D eigenvalue weighted by Crippen LogP contribution is 2.27. The Bertz CT molecular complexity index is 723. The molecule has 0 unspecified atom stereocenters. The zero-order valence-electron chi connectivity index (χ0n) is 14.9. The lowest BCUT2D eigenvalue weighted by molar-refractivity contribution is 0.0787. The third-order valence-corrected chi connectivity index (χ3v) is 4.72. The van der Waals surface area contributed by atoms with E-state index >= 15 is 0 Å². The van der Waals surface area contributed by atoms with Gasteiger partial charge >= 0.3 is 0 Å². The van der Waals surface area contributed by atoms with Crippen molar-refractivity contribution in [3.63, 3.8) is 0 Å². The van der Waals surface area contributed by atoms with Gasteiger partial charge in [-0.25, -0.2) is 0 Å². The van der Waals surface area contributed by atoms with Crippen molar-refractivity contribution in [1.82, 2.24) is 9.88 Å². The Morgan fingerprint density at radius 1 is 1.36 bits per heavy atom. The van der Waals surface area contributed by atoms with Gasteiger partial charge < -0.3 is 15.4 Å². The molecule has 0 aliphatic carbocycles. The van der Waals surface area contributed by atoms with E-state index in [0.717, 1.165) is 47.5 Å². The van der Waals surface area contributed by atoms with Crippen LogP contribution in [0.1, 0.15) is 33.5 Å². The monoisotopic (exact) mass is 339 g/mol. The summed E-state index contributed by atoms with van der Waals surface area (Å²) in [7, 11) is 0. The molecular formula is C20H25N3O2. The summed E-state index contributed by atoms with van der Waals surface area (Å²) in [5, 5.41) is 0. The molecule has 1 amide bonds. The average Bonchev–Trinajstić information content (AvgIpc) is 3.10. The number of nitrogens with zero attached hydrogens (tertiary/aromatic N) is 2. The maximum Gasteiger partial charge on any atom is 0.253 e. The summed E-state index contributed by atoms with van der Waals surface area (Å²) < 4.78 is 5.97. The third kappa shape index (κ3) is 3.99. The molecule has 2 heterocycles. The molecule has 1 saturated heterocycles. The predicted molar refractivity (Wildman–Crippen MR) is 97.5 cm³/mol. The van der Waals surface area contributed by atoms with Crippen molar-refractivity contribution >= 4 is 5.91 Å². The number of benzene rings is 1. The van der Waals surface area contributed by atoms with Crippen LogP contribution in [0.15, 0.2) is 36.7 Å². The summed E-state index contributed by atoms with van der Waals surface area (Å²) in [6.07, 6.45) is 4.53. The summed E-state index contributed by atoms with van der Waals surface area (Å²) in [6, 6.07) is 7.72. The molecule has 0 radical (unpaired) electrons. The van der Waals surface area contributed by atoms with Crippen LogP contribution in [0.2, 0.25) is 0 Å². The Hall–Kier alpha value is -2.40. The molecule has 3 rings (SSSR count). The zero-order chi connectivity index (χ0) is 17.8. The van der Waals surface area contributed by atoms with Gasteiger partial charge in [0.15, 0.2) is 0 Å². The number of carbonyl (C=O) groups is 1. The number of aryl methyl sites for hydroxylation is 2. The highest BCUT2D eigenvalue weighted by molar-refractivity contribution is 5.95. The van der Waals surface area contributed by atoms with Gasteiger partial charge in [-0.3, -0.25) is 9.78 Å². The molecule has 2 aromatic rings. The maximum atomic E-state index is 12.7. The molecule has 25 heavy (non-hydrogen) atoms. The van der Waals surface area contributed by atoms with Gasteiger partial charge in [0.2, 0.25) is 0 Å². The minimum absolute atomic E-state index is 0.0842. The van der Waals surface area contributed by atoms with Crippen LogP contribution in [-0.2, 0) is 6.61 Å². The lowest BCUT2D eigenvalue weighted by Crippen LogP contribution is -2.30. The second-order valence-corrected chi connectivity index (χ2v) is 6.73. The van der Waals surface area contributed by atoms with Crippen molar-refractivity contribution in [1.29, 1.82) is 0 Å². The van der Waals surface area contributed by atoms with Crippen molar-refractivity contribution in [3.8, 4) is 5.75 Å². The number of hydrogen-bond acceptors (Lipinski definition) is 4. The van der Waals surface area contributed by atoms with Crippen LogP contribution in [0.5, 0.6) is 5.75 Å². The summed E-state index contributed by atoms with van der Waals surface area (Å²) >= 11 is 0. The molecule has 1 fully saturated rings. The molecule has 1 aliphatic heterocycles. The number of nitrogens with two attached hydrogens (primary N) is 1. The van der Waals surface area contributed by atoms with E-state index in [1.165, 1.54) is 0 Å². The molecule has 0 saturated carbocycles. The van der Waals surface area contributed by atoms with Crippen molar-refractivity contribution in [2.24, 2.45) is 11.7 Å².